The van der Waals surface area contributed by atoms with Crippen LogP contribution in [0.3, 0.4) is 0 Å². The monoisotopic (exact) mass is 459 g/mol. The molecule has 1 fully saturated rings. The van der Waals surface area contributed by atoms with E-state index in [4.69, 9.17) is 4.52 Å². The Morgan fingerprint density at radius 3 is 2.72 bits per heavy atom. The van der Waals surface area contributed by atoms with Crippen LogP contribution in [0.15, 0.2) is 27.8 Å². The van der Waals surface area contributed by atoms with Crippen LogP contribution in [0.1, 0.15) is 50.4 Å². The molecule has 0 radical (unpaired) electrons. The van der Waals surface area contributed by atoms with Crippen LogP contribution in [-0.2, 0) is 19.4 Å². The second kappa shape index (κ2) is 8.45. The third-order valence-electron chi connectivity index (χ3n) is 5.58. The lowest BCUT2D eigenvalue weighted by molar-refractivity contribution is -0.133. The van der Waals surface area contributed by atoms with E-state index in [2.05, 4.69) is 20.6 Å². The minimum Gasteiger partial charge on any atom is -0.334 e. The summed E-state index contributed by atoms with van der Waals surface area (Å²) in [5.74, 6) is 0.120. The van der Waals surface area contributed by atoms with E-state index in [-0.39, 0.29) is 41.9 Å². The molecule has 0 spiro atoms. The number of hydrogen-bond acceptors (Lipinski definition) is 8. The summed E-state index contributed by atoms with van der Waals surface area (Å²) < 4.78 is 29.0. The molecular formula is C21H25N5O5S. The summed E-state index contributed by atoms with van der Waals surface area (Å²) in [5.41, 5.74) is 2.08. The smallest absolute Gasteiger partial charge is 0.271 e. The Bertz CT molecular complexity index is 1200. The van der Waals surface area contributed by atoms with Gasteiger partial charge in [-0.1, -0.05) is 31.1 Å². The van der Waals surface area contributed by atoms with Gasteiger partial charge in [-0.3, -0.25) is 9.59 Å². The number of carbonyl (C=O) groups is 2. The fraction of sp³-hybridized carbons (Fsp3) is 0.476. The highest BCUT2D eigenvalue weighted by atomic mass is 32.2. The summed E-state index contributed by atoms with van der Waals surface area (Å²) in [4.78, 5) is 29.8. The van der Waals surface area contributed by atoms with Crippen LogP contribution < -0.4 is 5.32 Å². The summed E-state index contributed by atoms with van der Waals surface area (Å²) in [6.45, 7) is 5.76. The largest absolute Gasteiger partial charge is 0.334 e. The first kappa shape index (κ1) is 22.1. The van der Waals surface area contributed by atoms with Gasteiger partial charge >= 0.3 is 0 Å². The summed E-state index contributed by atoms with van der Waals surface area (Å²) >= 11 is 0. The van der Waals surface area contributed by atoms with Gasteiger partial charge in [0.25, 0.3) is 11.8 Å². The highest BCUT2D eigenvalue weighted by Gasteiger charge is 2.37. The number of nitrogens with one attached hydrogen (secondary N) is 1. The van der Waals surface area contributed by atoms with Crippen molar-refractivity contribution in [1.82, 2.24) is 15.1 Å². The van der Waals surface area contributed by atoms with E-state index >= 15 is 0 Å². The van der Waals surface area contributed by atoms with Crippen molar-refractivity contribution >= 4 is 33.1 Å². The fourth-order valence-corrected chi connectivity index (χ4v) is 5.46. The van der Waals surface area contributed by atoms with Crippen LogP contribution in [0.5, 0.6) is 0 Å². The zero-order valence-electron chi connectivity index (χ0n) is 18.2. The Morgan fingerprint density at radius 1 is 1.28 bits per heavy atom. The Morgan fingerprint density at radius 2 is 2.06 bits per heavy atom. The van der Waals surface area contributed by atoms with Gasteiger partial charge in [-0.05, 0) is 25.0 Å². The van der Waals surface area contributed by atoms with Crippen molar-refractivity contribution in [3.8, 4) is 11.5 Å². The Hall–Kier alpha value is -3.08. The molecule has 1 N–H and O–H groups in total. The second-order valence-electron chi connectivity index (χ2n) is 8.41. The molecule has 1 atom stereocenters. The van der Waals surface area contributed by atoms with Gasteiger partial charge in [-0.25, -0.2) is 13.4 Å². The van der Waals surface area contributed by atoms with Crippen molar-refractivity contribution in [2.24, 2.45) is 5.10 Å². The average Bonchev–Trinajstić information content (AvgIpc) is 3.36. The summed E-state index contributed by atoms with van der Waals surface area (Å²) in [6.07, 6.45) is 0.606. The SMILES string of the molecule is Cc1cccc(-c2nc(C(C)C)no2)c1NC(=O)C1=NN(C2CCS(=O)(=O)C2)C(=O)CC1. The molecule has 2 aromatic rings. The van der Waals surface area contributed by atoms with Gasteiger partial charge in [0.1, 0.15) is 5.71 Å². The number of sulfone groups is 1. The van der Waals surface area contributed by atoms with Gasteiger partial charge in [-0.15, -0.1) is 0 Å². The molecule has 2 aliphatic rings. The van der Waals surface area contributed by atoms with Gasteiger partial charge in [0, 0.05) is 18.8 Å². The zero-order valence-corrected chi connectivity index (χ0v) is 19.0. The minimum absolute atomic E-state index is 0.0214. The van der Waals surface area contributed by atoms with Gasteiger partial charge in [0.05, 0.1) is 28.8 Å². The van der Waals surface area contributed by atoms with Crippen molar-refractivity contribution in [2.75, 3.05) is 16.8 Å². The van der Waals surface area contributed by atoms with E-state index in [1.807, 2.05) is 32.9 Å². The Kier molecular flexibility index (Phi) is 5.85. The first-order chi connectivity index (χ1) is 15.1. The van der Waals surface area contributed by atoms with Crippen LogP contribution >= 0.6 is 0 Å². The lowest BCUT2D eigenvalue weighted by atomic mass is 10.1. The molecule has 2 amide bonds. The fourth-order valence-electron chi connectivity index (χ4n) is 3.76. The maximum absolute atomic E-state index is 13.0. The predicted octanol–water partition coefficient (Wildman–Crippen LogP) is 2.27. The molecular weight excluding hydrogens is 434 g/mol. The highest BCUT2D eigenvalue weighted by Crippen LogP contribution is 2.31. The van der Waals surface area contributed by atoms with Gasteiger partial charge in [0.2, 0.25) is 5.91 Å². The molecule has 0 bridgehead atoms. The number of nitrogens with zero attached hydrogens (tertiary/aromatic N) is 4. The lowest BCUT2D eigenvalue weighted by Crippen LogP contribution is -2.42. The molecule has 2 aliphatic heterocycles. The molecule has 1 aromatic heterocycles. The minimum atomic E-state index is -3.19. The van der Waals surface area contributed by atoms with Crippen LogP contribution in [0.2, 0.25) is 0 Å². The molecule has 3 heterocycles. The predicted molar refractivity (Wildman–Crippen MR) is 118 cm³/mol. The number of amides is 2. The molecule has 32 heavy (non-hydrogen) atoms. The van der Waals surface area contributed by atoms with Gasteiger partial charge in [-0.2, -0.15) is 10.1 Å². The van der Waals surface area contributed by atoms with Crippen molar-refractivity contribution in [2.45, 2.75) is 52.0 Å². The van der Waals surface area contributed by atoms with Crippen LogP contribution in [0, 0.1) is 6.92 Å². The zero-order chi connectivity index (χ0) is 23.0. The molecule has 1 saturated heterocycles. The number of hydrazone groups is 1. The van der Waals surface area contributed by atoms with Crippen molar-refractivity contribution in [3.05, 3.63) is 29.6 Å². The number of rotatable bonds is 5. The Labute approximate surface area is 186 Å². The molecule has 170 valence electrons. The first-order valence-corrected chi connectivity index (χ1v) is 12.3. The maximum atomic E-state index is 13.0. The van der Waals surface area contributed by atoms with Gasteiger partial charge < -0.3 is 9.84 Å². The maximum Gasteiger partial charge on any atom is 0.271 e. The van der Waals surface area contributed by atoms with Crippen LogP contribution in [-0.4, -0.2) is 58.6 Å². The first-order valence-electron chi connectivity index (χ1n) is 10.5. The number of anilines is 1. The highest BCUT2D eigenvalue weighted by molar-refractivity contribution is 7.91. The van der Waals surface area contributed by atoms with E-state index in [9.17, 15) is 18.0 Å². The molecule has 0 saturated carbocycles. The lowest BCUT2D eigenvalue weighted by Gasteiger charge is -2.27. The van der Waals surface area contributed by atoms with Crippen molar-refractivity contribution in [3.63, 3.8) is 0 Å². The van der Waals surface area contributed by atoms with E-state index in [1.165, 1.54) is 5.01 Å². The Balaban J connectivity index is 1.60. The van der Waals surface area contributed by atoms with E-state index in [0.29, 0.717) is 29.4 Å². The third-order valence-corrected chi connectivity index (χ3v) is 7.33. The molecule has 11 heteroatoms. The topological polar surface area (TPSA) is 135 Å². The number of para-hydroxylation sites is 1. The molecule has 0 aliphatic carbocycles. The van der Waals surface area contributed by atoms with Crippen LogP contribution in [0.25, 0.3) is 11.5 Å². The standard InChI is InChI=1S/C21H25N5O5S/c1-12(2)19-23-21(31-25-19)15-6-4-5-13(3)18(15)22-20(28)16-7-8-17(27)26(24-16)14-9-10-32(29,30)11-14/h4-6,12,14H,7-11H2,1-3H3,(H,22,28). The molecule has 4 rings (SSSR count). The van der Waals surface area contributed by atoms with E-state index < -0.39 is 21.8 Å². The molecule has 1 unspecified atom stereocenters. The normalized spacial score (nSPS) is 20.5. The summed E-state index contributed by atoms with van der Waals surface area (Å²) in [5, 5.41) is 12.3. The van der Waals surface area contributed by atoms with E-state index in [0.717, 1.165) is 5.56 Å². The van der Waals surface area contributed by atoms with Crippen LogP contribution in [0.4, 0.5) is 5.69 Å². The molecule has 1 aromatic carbocycles. The number of carbonyl (C=O) groups excluding carboxylic acids is 2. The quantitative estimate of drug-likeness (QED) is 0.724. The number of hydrogen-bond donors (Lipinski definition) is 1. The summed E-state index contributed by atoms with van der Waals surface area (Å²) in [7, 11) is -3.19. The van der Waals surface area contributed by atoms with Gasteiger partial charge in [0.15, 0.2) is 15.7 Å². The number of benzene rings is 1. The molecule has 10 nitrogen and oxygen atoms in total. The number of aromatic nitrogens is 2. The number of aryl methyl sites for hydroxylation is 1. The summed E-state index contributed by atoms with van der Waals surface area (Å²) in [6, 6.07) is 4.93. The average molecular weight is 460 g/mol. The second-order valence-corrected chi connectivity index (χ2v) is 10.6. The third kappa shape index (κ3) is 4.43. The van der Waals surface area contributed by atoms with Crippen molar-refractivity contribution < 1.29 is 22.5 Å². The van der Waals surface area contributed by atoms with Crippen molar-refractivity contribution in [1.29, 1.82) is 0 Å². The van der Waals surface area contributed by atoms with E-state index in [1.54, 1.807) is 6.07 Å².